The van der Waals surface area contributed by atoms with Crippen molar-refractivity contribution in [2.24, 2.45) is 17.8 Å². The average Bonchev–Trinajstić information content (AvgIpc) is 3.18. The van der Waals surface area contributed by atoms with E-state index in [-0.39, 0.29) is 0 Å². The molecule has 0 N–H and O–H groups in total. The van der Waals surface area contributed by atoms with E-state index in [1.54, 1.807) is 0 Å². The van der Waals surface area contributed by atoms with Gasteiger partial charge in [0.15, 0.2) is 0 Å². The van der Waals surface area contributed by atoms with Gasteiger partial charge < -0.3 is 4.74 Å². The summed E-state index contributed by atoms with van der Waals surface area (Å²) in [6.07, 6.45) is 18.5. The summed E-state index contributed by atoms with van der Waals surface area (Å²) in [6.45, 7) is 8.86. The van der Waals surface area contributed by atoms with Gasteiger partial charge in [-0.2, -0.15) is 0 Å². The summed E-state index contributed by atoms with van der Waals surface area (Å²) in [5.74, 6) is 2.49. The highest BCUT2D eigenvalue weighted by molar-refractivity contribution is 5.09. The molecule has 1 fully saturated rings. The molecule has 0 aromatic heterocycles. The summed E-state index contributed by atoms with van der Waals surface area (Å²) in [5.41, 5.74) is 0. The molecule has 3 atom stereocenters. The van der Waals surface area contributed by atoms with Gasteiger partial charge in [-0.15, -0.1) is 0 Å². The number of unbranched alkanes of at least 4 members (excludes halogenated alkanes) is 6. The van der Waals surface area contributed by atoms with Crippen LogP contribution in [-0.2, 0) is 4.74 Å². The first-order chi connectivity index (χ1) is 11.3. The summed E-state index contributed by atoms with van der Waals surface area (Å²) < 4.78 is 6.14. The molecule has 0 aliphatic heterocycles. The van der Waals surface area contributed by atoms with Crippen molar-refractivity contribution in [1.82, 2.24) is 4.90 Å². The highest BCUT2D eigenvalue weighted by Crippen LogP contribution is 2.43. The molecule has 2 aliphatic carbocycles. The lowest BCUT2D eigenvalue weighted by atomic mass is 9.95. The second-order valence-corrected chi connectivity index (χ2v) is 7.78. The molecule has 0 radical (unpaired) electrons. The van der Waals surface area contributed by atoms with Crippen LogP contribution in [0.15, 0.2) is 12.2 Å². The Labute approximate surface area is 144 Å². The van der Waals surface area contributed by atoms with Gasteiger partial charge in [-0.25, -0.2) is 0 Å². The molecule has 2 nitrogen and oxygen atoms in total. The lowest BCUT2D eigenvalue weighted by molar-refractivity contribution is 0.00518. The van der Waals surface area contributed by atoms with Gasteiger partial charge in [0.2, 0.25) is 0 Å². The van der Waals surface area contributed by atoms with E-state index in [9.17, 15) is 0 Å². The lowest BCUT2D eigenvalue weighted by Gasteiger charge is -2.24. The summed E-state index contributed by atoms with van der Waals surface area (Å²) in [5, 5.41) is 0. The van der Waals surface area contributed by atoms with Crippen LogP contribution in [0, 0.1) is 17.8 Å². The van der Waals surface area contributed by atoms with E-state index >= 15 is 0 Å². The third kappa shape index (κ3) is 6.97. The van der Waals surface area contributed by atoms with Crippen LogP contribution in [0.4, 0.5) is 0 Å². The van der Waals surface area contributed by atoms with Gasteiger partial charge in [-0.1, -0.05) is 64.5 Å². The number of fused-ring (bicyclic) bond motifs is 2. The fourth-order valence-corrected chi connectivity index (χ4v) is 4.18. The van der Waals surface area contributed by atoms with Crippen LogP contribution in [0.2, 0.25) is 0 Å². The smallest absolute Gasteiger partial charge is 0.0990 e. The Kier molecular flexibility index (Phi) is 9.29. The van der Waals surface area contributed by atoms with E-state index in [2.05, 4.69) is 30.9 Å². The standard InChI is InChI=1S/C21H39NO/c1-3-5-7-9-13-22(14-10-8-6-4-2)18-23-17-21-16-19-11-12-20(21)15-19/h11-12,19-21H,3-10,13-18H2,1-2H3. The lowest BCUT2D eigenvalue weighted by Crippen LogP contribution is -2.30. The van der Waals surface area contributed by atoms with Crippen molar-refractivity contribution >= 4 is 0 Å². The zero-order valence-corrected chi connectivity index (χ0v) is 15.6. The molecule has 0 saturated heterocycles. The first-order valence-electron chi connectivity index (χ1n) is 10.3. The van der Waals surface area contributed by atoms with Gasteiger partial charge in [-0.3, -0.25) is 4.90 Å². The topological polar surface area (TPSA) is 12.5 Å². The predicted molar refractivity (Wildman–Crippen MR) is 99.5 cm³/mol. The van der Waals surface area contributed by atoms with Crippen LogP contribution in [0.5, 0.6) is 0 Å². The molecule has 2 aliphatic rings. The maximum Gasteiger partial charge on any atom is 0.0990 e. The van der Waals surface area contributed by atoms with Crippen LogP contribution < -0.4 is 0 Å². The zero-order chi connectivity index (χ0) is 16.3. The van der Waals surface area contributed by atoms with Gasteiger partial charge in [0.25, 0.3) is 0 Å². The van der Waals surface area contributed by atoms with Crippen molar-refractivity contribution in [2.45, 2.75) is 78.1 Å². The molecule has 134 valence electrons. The average molecular weight is 322 g/mol. The molecule has 0 heterocycles. The molecule has 0 aromatic carbocycles. The SMILES string of the molecule is CCCCCCN(CCCCCC)COCC1CC2C=CC1C2. The minimum atomic E-state index is 0.798. The fraction of sp³-hybridized carbons (Fsp3) is 0.905. The third-order valence-electron chi connectivity index (χ3n) is 5.68. The zero-order valence-electron chi connectivity index (χ0n) is 15.6. The first-order valence-corrected chi connectivity index (χ1v) is 10.3. The van der Waals surface area contributed by atoms with E-state index in [4.69, 9.17) is 4.74 Å². The molecule has 23 heavy (non-hydrogen) atoms. The van der Waals surface area contributed by atoms with Crippen molar-refractivity contribution < 1.29 is 4.74 Å². The Balaban J connectivity index is 1.60. The molecule has 1 saturated carbocycles. The van der Waals surface area contributed by atoms with Crippen LogP contribution in [-0.4, -0.2) is 31.3 Å². The first kappa shape index (κ1) is 19.0. The van der Waals surface area contributed by atoms with E-state index in [1.807, 2.05) is 0 Å². The molecule has 3 unspecified atom stereocenters. The van der Waals surface area contributed by atoms with Gasteiger partial charge in [0, 0.05) is 13.1 Å². The quantitative estimate of drug-likeness (QED) is 0.233. The summed E-state index contributed by atoms with van der Waals surface area (Å²) >= 11 is 0. The van der Waals surface area contributed by atoms with Gasteiger partial charge in [0.05, 0.1) is 13.3 Å². The van der Waals surface area contributed by atoms with E-state index in [1.165, 1.54) is 77.3 Å². The van der Waals surface area contributed by atoms with Crippen molar-refractivity contribution in [3.63, 3.8) is 0 Å². The Morgan fingerprint density at radius 3 is 2.09 bits per heavy atom. The summed E-state index contributed by atoms with van der Waals surface area (Å²) in [4.78, 5) is 2.56. The van der Waals surface area contributed by atoms with Crippen LogP contribution >= 0.6 is 0 Å². The van der Waals surface area contributed by atoms with Gasteiger partial charge in [-0.05, 0) is 43.4 Å². The highest BCUT2D eigenvalue weighted by atomic mass is 16.5. The number of ether oxygens (including phenoxy) is 1. The molecular weight excluding hydrogens is 282 g/mol. The fourth-order valence-electron chi connectivity index (χ4n) is 4.18. The minimum Gasteiger partial charge on any atom is -0.366 e. The van der Waals surface area contributed by atoms with Crippen LogP contribution in [0.3, 0.4) is 0 Å². The van der Waals surface area contributed by atoms with E-state index in [0.29, 0.717) is 0 Å². The number of hydrogen-bond acceptors (Lipinski definition) is 2. The van der Waals surface area contributed by atoms with Gasteiger partial charge >= 0.3 is 0 Å². The number of nitrogens with zero attached hydrogens (tertiary/aromatic N) is 1. The Bertz CT molecular complexity index is 316. The molecule has 2 rings (SSSR count). The molecule has 2 heteroatoms. The Morgan fingerprint density at radius 2 is 1.57 bits per heavy atom. The minimum absolute atomic E-state index is 0.798. The highest BCUT2D eigenvalue weighted by Gasteiger charge is 2.35. The van der Waals surface area contributed by atoms with Gasteiger partial charge in [0.1, 0.15) is 0 Å². The summed E-state index contributed by atoms with van der Waals surface area (Å²) in [6, 6.07) is 0. The van der Waals surface area contributed by atoms with E-state index in [0.717, 1.165) is 31.1 Å². The predicted octanol–water partition coefficient (Wildman–Crippen LogP) is 5.64. The Morgan fingerprint density at radius 1 is 0.870 bits per heavy atom. The molecule has 0 amide bonds. The van der Waals surface area contributed by atoms with Crippen molar-refractivity contribution in [3.8, 4) is 0 Å². The molecule has 0 spiro atoms. The molecule has 0 aromatic rings. The maximum atomic E-state index is 6.14. The normalized spacial score (nSPS) is 25.8. The monoisotopic (exact) mass is 321 g/mol. The van der Waals surface area contributed by atoms with Crippen molar-refractivity contribution in [2.75, 3.05) is 26.4 Å². The van der Waals surface area contributed by atoms with Crippen LogP contribution in [0.25, 0.3) is 0 Å². The van der Waals surface area contributed by atoms with Crippen molar-refractivity contribution in [3.05, 3.63) is 12.2 Å². The van der Waals surface area contributed by atoms with Crippen LogP contribution in [0.1, 0.15) is 78.1 Å². The maximum absolute atomic E-state index is 6.14. The number of hydrogen-bond donors (Lipinski definition) is 0. The second-order valence-electron chi connectivity index (χ2n) is 7.78. The van der Waals surface area contributed by atoms with Crippen molar-refractivity contribution in [1.29, 1.82) is 0 Å². The molecule has 2 bridgehead atoms. The second kappa shape index (κ2) is 11.3. The summed E-state index contributed by atoms with van der Waals surface area (Å²) in [7, 11) is 0. The molecular formula is C21H39NO. The number of rotatable bonds is 14. The Hall–Kier alpha value is -0.340. The largest absolute Gasteiger partial charge is 0.366 e. The van der Waals surface area contributed by atoms with E-state index < -0.39 is 0 Å². The third-order valence-corrected chi connectivity index (χ3v) is 5.68. The number of allylic oxidation sites excluding steroid dienone is 2.